The number of hydrogen-bond donors (Lipinski definition) is 2. The van der Waals surface area contributed by atoms with Gasteiger partial charge >= 0.3 is 0 Å². The number of nitrogens with one attached hydrogen (secondary N) is 1. The van der Waals surface area contributed by atoms with Crippen LogP contribution >= 0.6 is 0 Å². The summed E-state index contributed by atoms with van der Waals surface area (Å²) in [6.45, 7) is 5.87. The van der Waals surface area contributed by atoms with Gasteiger partial charge in [-0.1, -0.05) is 12.1 Å². The zero-order valence-electron chi connectivity index (χ0n) is 11.5. The standard InChI is InChI=1S/C15H22FNO2/c1-4-5-7-12(18)10-17-11(2)15-13(16)8-6-9-14(15)19-3/h4,6,8-9,11-12,17-18H,1,5,7,10H2,2-3H3. The maximum Gasteiger partial charge on any atom is 0.131 e. The molecule has 0 aliphatic heterocycles. The molecule has 0 radical (unpaired) electrons. The summed E-state index contributed by atoms with van der Waals surface area (Å²) in [4.78, 5) is 0. The number of allylic oxidation sites excluding steroid dienone is 1. The summed E-state index contributed by atoms with van der Waals surface area (Å²) in [5.41, 5.74) is 0.487. The molecular weight excluding hydrogens is 245 g/mol. The van der Waals surface area contributed by atoms with Crippen LogP contribution in [0.2, 0.25) is 0 Å². The average molecular weight is 267 g/mol. The topological polar surface area (TPSA) is 41.5 Å². The van der Waals surface area contributed by atoms with Crippen LogP contribution in [0.4, 0.5) is 4.39 Å². The van der Waals surface area contributed by atoms with Crippen molar-refractivity contribution in [1.82, 2.24) is 5.32 Å². The highest BCUT2D eigenvalue weighted by atomic mass is 19.1. The van der Waals surface area contributed by atoms with Gasteiger partial charge in [-0.3, -0.25) is 0 Å². The van der Waals surface area contributed by atoms with E-state index in [0.717, 1.165) is 6.42 Å². The Balaban J connectivity index is 2.63. The normalized spacial score (nSPS) is 13.9. The molecule has 0 aromatic heterocycles. The van der Waals surface area contributed by atoms with Crippen LogP contribution < -0.4 is 10.1 Å². The maximum absolute atomic E-state index is 13.8. The molecule has 0 saturated carbocycles. The van der Waals surface area contributed by atoms with Crippen LogP contribution in [0.3, 0.4) is 0 Å². The van der Waals surface area contributed by atoms with Gasteiger partial charge in [-0.2, -0.15) is 0 Å². The molecule has 0 heterocycles. The molecule has 3 nitrogen and oxygen atoms in total. The number of ether oxygens (including phenoxy) is 1. The molecule has 19 heavy (non-hydrogen) atoms. The van der Waals surface area contributed by atoms with Gasteiger partial charge in [-0.25, -0.2) is 4.39 Å². The minimum Gasteiger partial charge on any atom is -0.496 e. The molecule has 4 heteroatoms. The van der Waals surface area contributed by atoms with Crippen molar-refractivity contribution < 1.29 is 14.2 Å². The van der Waals surface area contributed by atoms with E-state index in [1.165, 1.54) is 13.2 Å². The van der Waals surface area contributed by atoms with Crippen LogP contribution in [0.1, 0.15) is 31.4 Å². The molecule has 0 aliphatic rings. The summed E-state index contributed by atoms with van der Waals surface area (Å²) in [5.74, 6) is 0.209. The van der Waals surface area contributed by atoms with Gasteiger partial charge in [0.05, 0.1) is 13.2 Å². The lowest BCUT2D eigenvalue weighted by atomic mass is 10.1. The Morgan fingerprint density at radius 1 is 1.53 bits per heavy atom. The Kier molecular flexibility index (Phi) is 6.53. The zero-order valence-corrected chi connectivity index (χ0v) is 11.5. The molecule has 0 bridgehead atoms. The first-order valence-corrected chi connectivity index (χ1v) is 6.44. The van der Waals surface area contributed by atoms with Crippen molar-refractivity contribution in [1.29, 1.82) is 0 Å². The van der Waals surface area contributed by atoms with Gasteiger partial charge < -0.3 is 15.2 Å². The maximum atomic E-state index is 13.8. The fourth-order valence-corrected chi connectivity index (χ4v) is 1.94. The summed E-state index contributed by atoms with van der Waals surface area (Å²) in [6.07, 6.45) is 2.72. The second kappa shape index (κ2) is 7.92. The van der Waals surface area contributed by atoms with E-state index in [-0.39, 0.29) is 11.9 Å². The van der Waals surface area contributed by atoms with E-state index in [1.807, 2.05) is 6.92 Å². The number of methoxy groups -OCH3 is 1. The molecule has 0 amide bonds. The lowest BCUT2D eigenvalue weighted by molar-refractivity contribution is 0.159. The number of hydrogen-bond acceptors (Lipinski definition) is 3. The van der Waals surface area contributed by atoms with Gasteiger partial charge in [0.2, 0.25) is 0 Å². The molecule has 1 aromatic carbocycles. The third-order valence-electron chi connectivity index (χ3n) is 3.03. The molecule has 0 fully saturated rings. The van der Waals surface area contributed by atoms with Crippen LogP contribution in [0.5, 0.6) is 5.75 Å². The van der Waals surface area contributed by atoms with Gasteiger partial charge in [0.15, 0.2) is 0 Å². The molecule has 0 aliphatic carbocycles. The van der Waals surface area contributed by atoms with Crippen LogP contribution in [0, 0.1) is 5.82 Å². The summed E-state index contributed by atoms with van der Waals surface area (Å²) in [7, 11) is 1.52. The number of rotatable bonds is 8. The van der Waals surface area contributed by atoms with Crippen molar-refractivity contribution in [2.45, 2.75) is 31.9 Å². The summed E-state index contributed by atoms with van der Waals surface area (Å²) in [6, 6.07) is 4.52. The van der Waals surface area contributed by atoms with Gasteiger partial charge in [-0.05, 0) is 31.9 Å². The van der Waals surface area contributed by atoms with E-state index in [2.05, 4.69) is 11.9 Å². The van der Waals surface area contributed by atoms with E-state index >= 15 is 0 Å². The SMILES string of the molecule is C=CCCC(O)CNC(C)c1c(F)cccc1OC. The Bertz CT molecular complexity index is 409. The van der Waals surface area contributed by atoms with Crippen LogP contribution in [-0.2, 0) is 0 Å². The van der Waals surface area contributed by atoms with Gasteiger partial charge in [0.25, 0.3) is 0 Å². The molecular formula is C15H22FNO2. The number of benzene rings is 1. The number of aliphatic hydroxyl groups is 1. The predicted molar refractivity (Wildman–Crippen MR) is 74.8 cm³/mol. The fourth-order valence-electron chi connectivity index (χ4n) is 1.94. The third kappa shape index (κ3) is 4.65. The first-order chi connectivity index (χ1) is 9.10. The van der Waals surface area contributed by atoms with Crippen LogP contribution in [-0.4, -0.2) is 24.9 Å². The van der Waals surface area contributed by atoms with Crippen molar-refractivity contribution in [2.24, 2.45) is 0 Å². The molecule has 2 N–H and O–H groups in total. The molecule has 2 unspecified atom stereocenters. The van der Waals surface area contributed by atoms with Crippen molar-refractivity contribution in [3.63, 3.8) is 0 Å². The van der Waals surface area contributed by atoms with E-state index in [0.29, 0.717) is 24.3 Å². The summed E-state index contributed by atoms with van der Waals surface area (Å²) in [5, 5.41) is 12.9. The lowest BCUT2D eigenvalue weighted by Gasteiger charge is -2.19. The van der Waals surface area contributed by atoms with E-state index < -0.39 is 6.10 Å². The quantitative estimate of drug-likeness (QED) is 0.712. The Morgan fingerprint density at radius 3 is 2.89 bits per heavy atom. The molecule has 1 aromatic rings. The van der Waals surface area contributed by atoms with Crippen LogP contribution in [0.15, 0.2) is 30.9 Å². The molecule has 0 spiro atoms. The molecule has 106 valence electrons. The smallest absolute Gasteiger partial charge is 0.131 e. The van der Waals surface area contributed by atoms with Crippen molar-refractivity contribution in [3.05, 3.63) is 42.2 Å². The third-order valence-corrected chi connectivity index (χ3v) is 3.03. The average Bonchev–Trinajstić information content (AvgIpc) is 2.42. The highest BCUT2D eigenvalue weighted by molar-refractivity contribution is 5.36. The van der Waals surface area contributed by atoms with Gasteiger partial charge in [0.1, 0.15) is 11.6 Å². The van der Waals surface area contributed by atoms with Gasteiger partial charge in [-0.15, -0.1) is 6.58 Å². The Labute approximate surface area is 114 Å². The van der Waals surface area contributed by atoms with Crippen molar-refractivity contribution in [2.75, 3.05) is 13.7 Å². The Morgan fingerprint density at radius 2 is 2.26 bits per heavy atom. The Hall–Kier alpha value is -1.39. The summed E-state index contributed by atoms with van der Waals surface area (Å²) < 4.78 is 19.0. The highest BCUT2D eigenvalue weighted by Crippen LogP contribution is 2.27. The van der Waals surface area contributed by atoms with Gasteiger partial charge in [0, 0.05) is 18.2 Å². The van der Waals surface area contributed by atoms with E-state index in [9.17, 15) is 9.50 Å². The van der Waals surface area contributed by atoms with Crippen molar-refractivity contribution >= 4 is 0 Å². The second-order valence-corrected chi connectivity index (χ2v) is 4.51. The first kappa shape index (κ1) is 15.7. The number of halogens is 1. The lowest BCUT2D eigenvalue weighted by Crippen LogP contribution is -2.29. The van der Waals surface area contributed by atoms with Crippen molar-refractivity contribution in [3.8, 4) is 5.75 Å². The largest absolute Gasteiger partial charge is 0.496 e. The fraction of sp³-hybridized carbons (Fsp3) is 0.467. The summed E-state index contributed by atoms with van der Waals surface area (Å²) >= 11 is 0. The minimum atomic E-state index is -0.460. The second-order valence-electron chi connectivity index (χ2n) is 4.51. The van der Waals surface area contributed by atoms with E-state index in [1.54, 1.807) is 18.2 Å². The molecule has 2 atom stereocenters. The number of aliphatic hydroxyl groups excluding tert-OH is 1. The van der Waals surface area contributed by atoms with E-state index in [4.69, 9.17) is 4.74 Å². The predicted octanol–water partition coefficient (Wildman–Crippen LogP) is 2.81. The highest BCUT2D eigenvalue weighted by Gasteiger charge is 2.16. The monoisotopic (exact) mass is 267 g/mol. The molecule has 0 saturated heterocycles. The first-order valence-electron chi connectivity index (χ1n) is 6.44. The molecule has 1 rings (SSSR count). The van der Waals surface area contributed by atoms with Crippen LogP contribution in [0.25, 0.3) is 0 Å². The minimum absolute atomic E-state index is 0.227. The zero-order chi connectivity index (χ0) is 14.3.